The third kappa shape index (κ3) is 3.65. The lowest BCUT2D eigenvalue weighted by molar-refractivity contribution is -0.141. The Morgan fingerprint density at radius 1 is 1.32 bits per heavy atom. The quantitative estimate of drug-likeness (QED) is 0.757. The van der Waals surface area contributed by atoms with E-state index in [1.165, 1.54) is 6.08 Å². The molecule has 2 N–H and O–H groups in total. The Morgan fingerprint density at radius 2 is 1.96 bits per heavy atom. The average molecular weight is 350 g/mol. The number of carbonyl (C=O) groups excluding carboxylic acids is 1. The fourth-order valence-electron chi connectivity index (χ4n) is 5.14. The molecule has 1 saturated carbocycles. The number of hydrogen-bond donors (Lipinski definition) is 2. The van der Waals surface area contributed by atoms with Crippen molar-refractivity contribution in [1.29, 1.82) is 0 Å². The predicted molar refractivity (Wildman–Crippen MR) is 94.1 cm³/mol. The molecular formula is C20H30O5. The molecule has 0 spiro atoms. The first kappa shape index (κ1) is 19.7. The molecule has 0 radical (unpaired) electrons. The molecule has 0 amide bonds. The van der Waals surface area contributed by atoms with Gasteiger partial charge in [-0.1, -0.05) is 27.7 Å². The van der Waals surface area contributed by atoms with Crippen molar-refractivity contribution >= 4 is 17.7 Å². The Hall–Kier alpha value is -1.65. The molecule has 2 aliphatic carbocycles. The van der Waals surface area contributed by atoms with E-state index < -0.39 is 17.4 Å². The highest BCUT2D eigenvalue weighted by Gasteiger charge is 2.56. The molecule has 0 aromatic rings. The second-order valence-electron chi connectivity index (χ2n) is 8.69. The van der Waals surface area contributed by atoms with Crippen molar-refractivity contribution in [1.82, 2.24) is 0 Å². The number of fused-ring (bicyclic) bond motifs is 1. The van der Waals surface area contributed by atoms with Crippen LogP contribution < -0.4 is 0 Å². The molecule has 5 nitrogen and oxygen atoms in total. The zero-order valence-corrected chi connectivity index (χ0v) is 15.7. The molecule has 0 aromatic heterocycles. The van der Waals surface area contributed by atoms with E-state index in [9.17, 15) is 19.5 Å². The Kier molecular flexibility index (Phi) is 5.45. The number of hydrogen-bond acceptors (Lipinski definition) is 3. The number of allylic oxidation sites excluding steroid dienone is 1. The van der Waals surface area contributed by atoms with E-state index in [0.717, 1.165) is 25.7 Å². The molecule has 0 bridgehead atoms. The van der Waals surface area contributed by atoms with Crippen LogP contribution in [0.15, 0.2) is 11.6 Å². The summed E-state index contributed by atoms with van der Waals surface area (Å²) in [6.45, 7) is 8.30. The average Bonchev–Trinajstić information content (AvgIpc) is 2.50. The Labute approximate surface area is 149 Å². The van der Waals surface area contributed by atoms with Crippen molar-refractivity contribution in [3.05, 3.63) is 11.6 Å². The van der Waals surface area contributed by atoms with Gasteiger partial charge in [-0.15, -0.1) is 0 Å². The third-order valence-electron chi connectivity index (χ3n) is 7.04. The maximum atomic E-state index is 12.2. The number of aliphatic carboxylic acids is 2. The van der Waals surface area contributed by atoms with Gasteiger partial charge in [-0.2, -0.15) is 0 Å². The first-order chi connectivity index (χ1) is 11.5. The molecule has 140 valence electrons. The van der Waals surface area contributed by atoms with Gasteiger partial charge in [0.1, 0.15) is 0 Å². The van der Waals surface area contributed by atoms with Crippen LogP contribution in [0.2, 0.25) is 0 Å². The molecule has 0 heterocycles. The maximum absolute atomic E-state index is 12.2. The maximum Gasteiger partial charge on any atom is 0.332 e. The van der Waals surface area contributed by atoms with Crippen molar-refractivity contribution in [3.8, 4) is 0 Å². The van der Waals surface area contributed by atoms with Gasteiger partial charge >= 0.3 is 11.9 Å². The number of ketones is 1. The van der Waals surface area contributed by atoms with Crippen LogP contribution in [-0.2, 0) is 14.4 Å². The summed E-state index contributed by atoms with van der Waals surface area (Å²) >= 11 is 0. The Balaban J connectivity index is 2.31. The summed E-state index contributed by atoms with van der Waals surface area (Å²) in [6, 6.07) is 0. The first-order valence-corrected chi connectivity index (χ1v) is 9.20. The van der Waals surface area contributed by atoms with Crippen LogP contribution in [0, 0.1) is 28.6 Å². The molecule has 0 aliphatic heterocycles. The van der Waals surface area contributed by atoms with Gasteiger partial charge in [-0.25, -0.2) is 4.79 Å². The van der Waals surface area contributed by atoms with Crippen molar-refractivity contribution in [2.45, 2.75) is 66.2 Å². The molecule has 25 heavy (non-hydrogen) atoms. The highest BCUT2D eigenvalue weighted by Crippen LogP contribution is 2.61. The normalized spacial score (nSPS) is 36.3. The van der Waals surface area contributed by atoms with Gasteiger partial charge in [-0.3, -0.25) is 9.59 Å². The van der Waals surface area contributed by atoms with Gasteiger partial charge in [-0.05, 0) is 54.9 Å². The van der Waals surface area contributed by atoms with Crippen LogP contribution in [0.1, 0.15) is 66.2 Å². The standard InChI is InChI=1S/C20H30O5/c1-12(9-17(22)23)5-7-19(3)13(2)6-8-20(4)15(18(24)25)10-14(21)11-16(19)20/h10,12-13,16H,5-9,11H2,1-4H3,(H,22,23)(H,24,25)/t12-,13+,16-,19+,20+/m1/s1. The van der Waals surface area contributed by atoms with Gasteiger partial charge in [0.2, 0.25) is 0 Å². The zero-order chi connectivity index (χ0) is 19.0. The highest BCUT2D eigenvalue weighted by atomic mass is 16.4. The van der Waals surface area contributed by atoms with Crippen molar-refractivity contribution < 1.29 is 24.6 Å². The number of rotatable bonds is 6. The summed E-state index contributed by atoms with van der Waals surface area (Å²) in [6.07, 6.45) is 5.18. The Bertz CT molecular complexity index is 607. The number of carboxylic acids is 2. The van der Waals surface area contributed by atoms with E-state index in [4.69, 9.17) is 5.11 Å². The second kappa shape index (κ2) is 6.93. The SMILES string of the molecule is C[C@H](CC[C@]1(C)[C@H]2CC(=O)C=C(C(=O)O)[C@]2(C)CC[C@@H]1C)CC(=O)O. The van der Waals surface area contributed by atoms with E-state index in [0.29, 0.717) is 12.3 Å². The van der Waals surface area contributed by atoms with Gasteiger partial charge in [0.05, 0.1) is 0 Å². The van der Waals surface area contributed by atoms with E-state index in [-0.39, 0.29) is 35.0 Å². The number of carboxylic acid groups (broad SMARTS) is 2. The minimum atomic E-state index is -0.989. The van der Waals surface area contributed by atoms with Gasteiger partial charge < -0.3 is 10.2 Å². The van der Waals surface area contributed by atoms with E-state index >= 15 is 0 Å². The van der Waals surface area contributed by atoms with Gasteiger partial charge in [0.15, 0.2) is 5.78 Å². The summed E-state index contributed by atoms with van der Waals surface area (Å²) in [4.78, 5) is 34.9. The van der Waals surface area contributed by atoms with Crippen LogP contribution >= 0.6 is 0 Å². The number of carbonyl (C=O) groups is 3. The minimum Gasteiger partial charge on any atom is -0.481 e. The van der Waals surface area contributed by atoms with Crippen LogP contribution in [-0.4, -0.2) is 27.9 Å². The summed E-state index contributed by atoms with van der Waals surface area (Å²) in [7, 11) is 0. The van der Waals surface area contributed by atoms with E-state index in [1.807, 2.05) is 13.8 Å². The second-order valence-corrected chi connectivity index (χ2v) is 8.69. The molecule has 5 heteroatoms. The first-order valence-electron chi connectivity index (χ1n) is 9.20. The van der Waals surface area contributed by atoms with Crippen LogP contribution in [0.4, 0.5) is 0 Å². The largest absolute Gasteiger partial charge is 0.481 e. The van der Waals surface area contributed by atoms with E-state index in [2.05, 4.69) is 13.8 Å². The fraction of sp³-hybridized carbons (Fsp3) is 0.750. The monoisotopic (exact) mass is 350 g/mol. The topological polar surface area (TPSA) is 91.7 Å². The molecule has 2 aliphatic rings. The van der Waals surface area contributed by atoms with Gasteiger partial charge in [0.25, 0.3) is 0 Å². The van der Waals surface area contributed by atoms with Crippen LogP contribution in [0.25, 0.3) is 0 Å². The molecule has 5 atom stereocenters. The smallest absolute Gasteiger partial charge is 0.332 e. The molecule has 0 aromatic carbocycles. The summed E-state index contributed by atoms with van der Waals surface area (Å²) in [5.74, 6) is -1.44. The lowest BCUT2D eigenvalue weighted by atomic mass is 9.46. The Morgan fingerprint density at radius 3 is 2.52 bits per heavy atom. The summed E-state index contributed by atoms with van der Waals surface area (Å²) < 4.78 is 0. The molecule has 0 saturated heterocycles. The molecular weight excluding hydrogens is 320 g/mol. The van der Waals surface area contributed by atoms with Crippen LogP contribution in [0.5, 0.6) is 0 Å². The molecule has 0 unspecified atom stereocenters. The lowest BCUT2D eigenvalue weighted by Crippen LogP contribution is -2.52. The van der Waals surface area contributed by atoms with E-state index in [1.54, 1.807) is 0 Å². The fourth-order valence-corrected chi connectivity index (χ4v) is 5.14. The summed E-state index contributed by atoms with van der Waals surface area (Å²) in [5.41, 5.74) is -0.396. The highest BCUT2D eigenvalue weighted by molar-refractivity contribution is 6.01. The molecule has 2 rings (SSSR count). The van der Waals surface area contributed by atoms with Crippen molar-refractivity contribution in [2.75, 3.05) is 0 Å². The zero-order valence-electron chi connectivity index (χ0n) is 15.7. The van der Waals surface area contributed by atoms with Gasteiger partial charge in [0, 0.05) is 23.8 Å². The molecule has 1 fully saturated rings. The minimum absolute atomic E-state index is 0.00984. The predicted octanol–water partition coefficient (Wildman–Crippen LogP) is 3.92. The lowest BCUT2D eigenvalue weighted by Gasteiger charge is -2.57. The summed E-state index contributed by atoms with van der Waals surface area (Å²) in [5, 5.41) is 18.6. The van der Waals surface area contributed by atoms with Crippen LogP contribution in [0.3, 0.4) is 0 Å². The van der Waals surface area contributed by atoms with Crippen molar-refractivity contribution in [3.63, 3.8) is 0 Å². The third-order valence-corrected chi connectivity index (χ3v) is 7.04. The van der Waals surface area contributed by atoms with Crippen molar-refractivity contribution in [2.24, 2.45) is 28.6 Å².